The Balaban J connectivity index is 2.46. The lowest BCUT2D eigenvalue weighted by molar-refractivity contribution is -0.179. The Morgan fingerprint density at radius 2 is 1.29 bits per heavy atom. The van der Waals surface area contributed by atoms with Gasteiger partial charge < -0.3 is 10.2 Å². The van der Waals surface area contributed by atoms with E-state index in [2.05, 4.69) is 6.92 Å². The number of aliphatic carboxylic acids is 2. The van der Waals surface area contributed by atoms with E-state index in [1.807, 2.05) is 0 Å². The second-order valence-electron chi connectivity index (χ2n) is 7.81. The van der Waals surface area contributed by atoms with E-state index < -0.39 is 22.8 Å². The normalized spacial score (nSPS) is 27.1. The smallest absolute Gasteiger partial charge is 0.310 e. The average Bonchev–Trinajstić information content (AvgIpc) is 2.54. The van der Waals surface area contributed by atoms with E-state index in [9.17, 15) is 19.8 Å². The van der Waals surface area contributed by atoms with E-state index in [-0.39, 0.29) is 0 Å². The predicted molar refractivity (Wildman–Crippen MR) is 96.1 cm³/mol. The van der Waals surface area contributed by atoms with Crippen LogP contribution in [0.15, 0.2) is 0 Å². The third-order valence-corrected chi connectivity index (χ3v) is 6.18. The summed E-state index contributed by atoms with van der Waals surface area (Å²) in [6, 6.07) is 0. The first-order chi connectivity index (χ1) is 11.4. The molecule has 2 N–H and O–H groups in total. The zero-order valence-electron chi connectivity index (χ0n) is 15.6. The molecule has 4 heteroatoms. The number of unbranched alkanes of at least 4 members (excludes halogenated alkanes) is 8. The van der Waals surface area contributed by atoms with E-state index in [4.69, 9.17) is 0 Å². The molecule has 1 fully saturated rings. The van der Waals surface area contributed by atoms with Crippen molar-refractivity contribution in [1.29, 1.82) is 0 Å². The van der Waals surface area contributed by atoms with Crippen LogP contribution in [-0.2, 0) is 9.59 Å². The molecule has 2 atom stereocenters. The topological polar surface area (TPSA) is 74.6 Å². The SMILES string of the molecule is CCCCCCCCCCCC1(C(=O)O)CCCCC1(C)C(=O)O. The van der Waals surface area contributed by atoms with E-state index in [1.54, 1.807) is 6.92 Å². The molecule has 140 valence electrons. The van der Waals surface area contributed by atoms with Crippen molar-refractivity contribution in [3.63, 3.8) is 0 Å². The first-order valence-corrected chi connectivity index (χ1v) is 9.87. The van der Waals surface area contributed by atoms with Gasteiger partial charge in [0.2, 0.25) is 0 Å². The summed E-state index contributed by atoms with van der Waals surface area (Å²) in [5.41, 5.74) is -2.21. The quantitative estimate of drug-likeness (QED) is 0.451. The van der Waals surface area contributed by atoms with Crippen LogP contribution in [0, 0.1) is 10.8 Å². The summed E-state index contributed by atoms with van der Waals surface area (Å²) in [6.07, 6.45) is 13.7. The molecule has 0 radical (unpaired) electrons. The fourth-order valence-electron chi connectivity index (χ4n) is 4.32. The Bertz CT molecular complexity index is 406. The van der Waals surface area contributed by atoms with Gasteiger partial charge in [0.25, 0.3) is 0 Å². The van der Waals surface area contributed by atoms with Crippen LogP contribution in [0.1, 0.15) is 104 Å². The number of carboxylic acid groups (broad SMARTS) is 2. The molecule has 4 nitrogen and oxygen atoms in total. The monoisotopic (exact) mass is 340 g/mol. The van der Waals surface area contributed by atoms with Gasteiger partial charge in [0, 0.05) is 0 Å². The standard InChI is InChI=1S/C20H36O4/c1-3-4-5-6-7-8-9-10-11-15-20(18(23)24)16-13-12-14-19(20,2)17(21)22/h3-16H2,1-2H3,(H,21,22)(H,23,24). The summed E-state index contributed by atoms with van der Waals surface area (Å²) in [7, 11) is 0. The molecule has 0 aromatic carbocycles. The maximum atomic E-state index is 12.0. The van der Waals surface area contributed by atoms with Crippen molar-refractivity contribution in [2.75, 3.05) is 0 Å². The minimum atomic E-state index is -1.13. The molecule has 0 aromatic heterocycles. The van der Waals surface area contributed by atoms with E-state index in [0.717, 1.165) is 32.1 Å². The van der Waals surface area contributed by atoms with Crippen LogP contribution in [0.3, 0.4) is 0 Å². The molecule has 0 spiro atoms. The molecule has 0 aliphatic heterocycles. The van der Waals surface area contributed by atoms with Gasteiger partial charge in [-0.1, -0.05) is 77.6 Å². The maximum absolute atomic E-state index is 12.0. The molecule has 1 aliphatic rings. The third-order valence-electron chi connectivity index (χ3n) is 6.18. The first-order valence-electron chi connectivity index (χ1n) is 9.87. The van der Waals surface area contributed by atoms with Crippen LogP contribution >= 0.6 is 0 Å². The Labute approximate surface area is 147 Å². The maximum Gasteiger partial charge on any atom is 0.310 e. The summed E-state index contributed by atoms with van der Waals surface area (Å²) >= 11 is 0. The zero-order chi connectivity index (χ0) is 18.1. The Hall–Kier alpha value is -1.06. The Morgan fingerprint density at radius 1 is 0.792 bits per heavy atom. The molecule has 0 bridgehead atoms. The van der Waals surface area contributed by atoms with Gasteiger partial charge in [-0.2, -0.15) is 0 Å². The van der Waals surface area contributed by atoms with Gasteiger partial charge in [-0.15, -0.1) is 0 Å². The average molecular weight is 341 g/mol. The molecule has 1 aliphatic carbocycles. The second kappa shape index (κ2) is 10.0. The van der Waals surface area contributed by atoms with Crippen molar-refractivity contribution >= 4 is 11.9 Å². The highest BCUT2D eigenvalue weighted by molar-refractivity contribution is 5.86. The minimum absolute atomic E-state index is 0.478. The number of rotatable bonds is 12. The zero-order valence-corrected chi connectivity index (χ0v) is 15.6. The lowest BCUT2D eigenvalue weighted by Gasteiger charge is -2.46. The van der Waals surface area contributed by atoms with Crippen LogP contribution in [-0.4, -0.2) is 22.2 Å². The van der Waals surface area contributed by atoms with Crippen molar-refractivity contribution < 1.29 is 19.8 Å². The molecule has 0 aromatic rings. The van der Waals surface area contributed by atoms with Crippen molar-refractivity contribution in [2.45, 2.75) is 104 Å². The first kappa shape index (κ1) is 21.0. The fraction of sp³-hybridized carbons (Fsp3) is 0.900. The van der Waals surface area contributed by atoms with Gasteiger partial charge in [-0.05, 0) is 26.2 Å². The number of carbonyl (C=O) groups is 2. The molecule has 24 heavy (non-hydrogen) atoms. The summed E-state index contributed by atoms with van der Waals surface area (Å²) in [5, 5.41) is 19.5. The highest BCUT2D eigenvalue weighted by Gasteiger charge is 2.58. The Morgan fingerprint density at radius 3 is 1.79 bits per heavy atom. The van der Waals surface area contributed by atoms with E-state index in [0.29, 0.717) is 19.3 Å². The van der Waals surface area contributed by atoms with Crippen LogP contribution in [0.25, 0.3) is 0 Å². The lowest BCUT2D eigenvalue weighted by atomic mass is 9.55. The van der Waals surface area contributed by atoms with Crippen LogP contribution in [0.2, 0.25) is 0 Å². The van der Waals surface area contributed by atoms with Gasteiger partial charge in [0.15, 0.2) is 0 Å². The highest BCUT2D eigenvalue weighted by Crippen LogP contribution is 2.54. The van der Waals surface area contributed by atoms with Crippen molar-refractivity contribution in [2.24, 2.45) is 10.8 Å². The molecule has 0 amide bonds. The number of hydrogen-bond acceptors (Lipinski definition) is 2. The summed E-state index contributed by atoms with van der Waals surface area (Å²) < 4.78 is 0. The third kappa shape index (κ3) is 4.97. The van der Waals surface area contributed by atoms with Crippen molar-refractivity contribution in [1.82, 2.24) is 0 Å². The molecule has 0 heterocycles. The van der Waals surface area contributed by atoms with E-state index >= 15 is 0 Å². The van der Waals surface area contributed by atoms with Crippen molar-refractivity contribution in [3.05, 3.63) is 0 Å². The summed E-state index contributed by atoms with van der Waals surface area (Å²) in [5.74, 6) is -1.85. The van der Waals surface area contributed by atoms with Crippen LogP contribution in [0.5, 0.6) is 0 Å². The highest BCUT2D eigenvalue weighted by atomic mass is 16.4. The largest absolute Gasteiger partial charge is 0.481 e. The molecule has 0 saturated heterocycles. The van der Waals surface area contributed by atoms with Gasteiger partial charge in [0.1, 0.15) is 0 Å². The fourth-order valence-corrected chi connectivity index (χ4v) is 4.32. The Kier molecular flexibility index (Phi) is 8.79. The molecule has 1 saturated carbocycles. The summed E-state index contributed by atoms with van der Waals surface area (Å²) in [4.78, 5) is 23.8. The number of hydrogen-bond donors (Lipinski definition) is 2. The van der Waals surface area contributed by atoms with E-state index in [1.165, 1.54) is 38.5 Å². The summed E-state index contributed by atoms with van der Waals surface area (Å²) in [6.45, 7) is 3.87. The predicted octanol–water partition coefficient (Wildman–Crippen LogP) is 5.64. The number of carboxylic acids is 2. The van der Waals surface area contributed by atoms with Crippen LogP contribution in [0.4, 0.5) is 0 Å². The van der Waals surface area contributed by atoms with Gasteiger partial charge in [0.05, 0.1) is 10.8 Å². The minimum Gasteiger partial charge on any atom is -0.481 e. The van der Waals surface area contributed by atoms with Gasteiger partial charge >= 0.3 is 11.9 Å². The van der Waals surface area contributed by atoms with Crippen molar-refractivity contribution in [3.8, 4) is 0 Å². The lowest BCUT2D eigenvalue weighted by Crippen LogP contribution is -2.52. The molecular weight excluding hydrogens is 304 g/mol. The van der Waals surface area contributed by atoms with Gasteiger partial charge in [-0.3, -0.25) is 9.59 Å². The van der Waals surface area contributed by atoms with Gasteiger partial charge in [-0.25, -0.2) is 0 Å². The molecule has 2 unspecified atom stereocenters. The molecular formula is C20H36O4. The second-order valence-corrected chi connectivity index (χ2v) is 7.81. The van der Waals surface area contributed by atoms with Crippen LogP contribution < -0.4 is 0 Å². The molecule has 1 rings (SSSR count).